The van der Waals surface area contributed by atoms with Crippen LogP contribution in [0.1, 0.15) is 40.2 Å². The molecule has 0 bridgehead atoms. The first-order valence-electron chi connectivity index (χ1n) is 8.64. The third kappa shape index (κ3) is 4.07. The van der Waals surface area contributed by atoms with E-state index >= 15 is 0 Å². The largest absolute Gasteiger partial charge is 0.352 e. The molecule has 132 valence electrons. The van der Waals surface area contributed by atoms with Crippen molar-refractivity contribution >= 4 is 17.5 Å². The van der Waals surface area contributed by atoms with Crippen LogP contribution in [0.2, 0.25) is 0 Å². The fourth-order valence-corrected chi connectivity index (χ4v) is 2.88. The van der Waals surface area contributed by atoms with E-state index in [9.17, 15) is 9.59 Å². The number of carbonyl (C=O) groups is 2. The number of carbonyl (C=O) groups excluding carboxylic acids is 2. The number of nitrogens with zero attached hydrogens (tertiary/aromatic N) is 2. The molecule has 1 fully saturated rings. The minimum Gasteiger partial charge on any atom is -0.352 e. The minimum absolute atomic E-state index is 0.0689. The molecule has 0 spiro atoms. The third-order valence-corrected chi connectivity index (χ3v) is 4.68. The number of aromatic nitrogens is 2. The van der Waals surface area contributed by atoms with Crippen molar-refractivity contribution in [3.63, 3.8) is 0 Å². The number of benzene rings is 1. The first-order valence-corrected chi connectivity index (χ1v) is 8.64. The molecule has 2 N–H and O–H groups in total. The van der Waals surface area contributed by atoms with E-state index in [1.54, 1.807) is 24.3 Å². The second-order valence-electron chi connectivity index (χ2n) is 6.62. The van der Waals surface area contributed by atoms with Gasteiger partial charge in [-0.1, -0.05) is 0 Å². The Morgan fingerprint density at radius 1 is 1.20 bits per heavy atom. The lowest BCUT2D eigenvalue weighted by Crippen LogP contribution is -2.26. The highest BCUT2D eigenvalue weighted by Crippen LogP contribution is 2.30. The lowest BCUT2D eigenvalue weighted by atomic mass is 10.1. The van der Waals surface area contributed by atoms with Crippen LogP contribution >= 0.6 is 0 Å². The molecular weight excluding hydrogens is 316 g/mol. The van der Waals surface area contributed by atoms with E-state index in [2.05, 4.69) is 15.7 Å². The summed E-state index contributed by atoms with van der Waals surface area (Å²) in [5.41, 5.74) is 4.63. The maximum absolute atomic E-state index is 12.2. The first-order chi connectivity index (χ1) is 12.0. The normalized spacial score (nSPS) is 13.6. The number of hydrogen-bond acceptors (Lipinski definition) is 3. The number of amides is 2. The van der Waals surface area contributed by atoms with Gasteiger partial charge in [-0.05, 0) is 62.9 Å². The highest BCUT2D eigenvalue weighted by atomic mass is 16.2. The summed E-state index contributed by atoms with van der Waals surface area (Å²) in [4.78, 5) is 24.0. The molecule has 1 aliphatic rings. The van der Waals surface area contributed by atoms with Gasteiger partial charge in [-0.3, -0.25) is 14.3 Å². The summed E-state index contributed by atoms with van der Waals surface area (Å²) in [6.07, 6.45) is 2.71. The lowest BCUT2D eigenvalue weighted by molar-refractivity contribution is -0.117. The number of hydrogen-bond donors (Lipinski definition) is 2. The monoisotopic (exact) mass is 340 g/mol. The molecule has 1 heterocycles. The molecule has 6 heteroatoms. The standard InChI is InChI=1S/C19H24N4O2/c1-12-17(13(2)23(3)22-12)10-11-20-18(24)14-6-8-16(9-7-14)21-19(25)15-4-5-15/h6-9,15H,4-5,10-11H2,1-3H3,(H,20,24)(H,21,25). The van der Waals surface area contributed by atoms with E-state index < -0.39 is 0 Å². The molecule has 1 aliphatic carbocycles. The van der Waals surface area contributed by atoms with E-state index in [0.29, 0.717) is 12.1 Å². The summed E-state index contributed by atoms with van der Waals surface area (Å²) >= 11 is 0. The van der Waals surface area contributed by atoms with E-state index in [4.69, 9.17) is 0 Å². The van der Waals surface area contributed by atoms with E-state index in [0.717, 1.165) is 36.3 Å². The molecule has 1 aromatic carbocycles. The van der Waals surface area contributed by atoms with Gasteiger partial charge in [-0.2, -0.15) is 5.10 Å². The zero-order valence-corrected chi connectivity index (χ0v) is 14.9. The summed E-state index contributed by atoms with van der Waals surface area (Å²) in [6, 6.07) is 7.01. The smallest absolute Gasteiger partial charge is 0.251 e. The molecule has 1 aromatic heterocycles. The molecule has 0 aliphatic heterocycles. The van der Waals surface area contributed by atoms with Crippen LogP contribution in [0, 0.1) is 19.8 Å². The van der Waals surface area contributed by atoms with Gasteiger partial charge < -0.3 is 10.6 Å². The Labute approximate surface area is 147 Å². The highest BCUT2D eigenvalue weighted by Gasteiger charge is 2.29. The van der Waals surface area contributed by atoms with Crippen LogP contribution < -0.4 is 10.6 Å². The van der Waals surface area contributed by atoms with Crippen molar-refractivity contribution in [2.75, 3.05) is 11.9 Å². The molecule has 2 aromatic rings. The van der Waals surface area contributed by atoms with Crippen LogP contribution in [0.3, 0.4) is 0 Å². The highest BCUT2D eigenvalue weighted by molar-refractivity contribution is 5.96. The Balaban J connectivity index is 1.51. The SMILES string of the molecule is Cc1nn(C)c(C)c1CCNC(=O)c1ccc(NC(=O)C2CC2)cc1. The molecule has 0 radical (unpaired) electrons. The van der Waals surface area contributed by atoms with Crippen LogP contribution in [0.15, 0.2) is 24.3 Å². The number of rotatable bonds is 6. The number of anilines is 1. The van der Waals surface area contributed by atoms with Crippen LogP contribution in [0.4, 0.5) is 5.69 Å². The molecule has 0 unspecified atom stereocenters. The van der Waals surface area contributed by atoms with Gasteiger partial charge in [0.15, 0.2) is 0 Å². The van der Waals surface area contributed by atoms with Crippen molar-refractivity contribution in [1.29, 1.82) is 0 Å². The van der Waals surface area contributed by atoms with Crippen LogP contribution in [-0.4, -0.2) is 28.1 Å². The average Bonchev–Trinajstić information content (AvgIpc) is 3.40. The minimum atomic E-state index is -0.112. The van der Waals surface area contributed by atoms with Gasteiger partial charge in [0.1, 0.15) is 0 Å². The van der Waals surface area contributed by atoms with Gasteiger partial charge in [0.2, 0.25) is 5.91 Å². The average molecular weight is 340 g/mol. The molecule has 0 saturated heterocycles. The maximum atomic E-state index is 12.2. The van der Waals surface area contributed by atoms with Crippen molar-refractivity contribution in [1.82, 2.24) is 15.1 Å². The van der Waals surface area contributed by atoms with E-state index in [1.165, 1.54) is 5.56 Å². The molecule has 1 saturated carbocycles. The molecule has 3 rings (SSSR count). The second kappa shape index (κ2) is 7.09. The van der Waals surface area contributed by atoms with Crippen LogP contribution in [0.25, 0.3) is 0 Å². The molecule has 0 atom stereocenters. The Morgan fingerprint density at radius 2 is 1.88 bits per heavy atom. The predicted molar refractivity (Wildman–Crippen MR) is 96.5 cm³/mol. The van der Waals surface area contributed by atoms with Crippen molar-refractivity contribution < 1.29 is 9.59 Å². The fourth-order valence-electron chi connectivity index (χ4n) is 2.88. The summed E-state index contributed by atoms with van der Waals surface area (Å²) in [5, 5.41) is 10.2. The van der Waals surface area contributed by atoms with Gasteiger partial charge in [-0.15, -0.1) is 0 Å². The molecule has 6 nitrogen and oxygen atoms in total. The Hall–Kier alpha value is -2.63. The first kappa shape index (κ1) is 17.2. The zero-order valence-electron chi connectivity index (χ0n) is 14.9. The lowest BCUT2D eigenvalue weighted by Gasteiger charge is -2.08. The molecule has 2 amide bonds. The van der Waals surface area contributed by atoms with Gasteiger partial charge in [0.25, 0.3) is 5.91 Å². The second-order valence-corrected chi connectivity index (χ2v) is 6.62. The Morgan fingerprint density at radius 3 is 2.44 bits per heavy atom. The van der Waals surface area contributed by atoms with Crippen LogP contribution in [0.5, 0.6) is 0 Å². The Bertz CT molecular complexity index is 789. The van der Waals surface area contributed by atoms with Crippen molar-refractivity contribution in [2.45, 2.75) is 33.1 Å². The van der Waals surface area contributed by atoms with E-state index in [-0.39, 0.29) is 17.7 Å². The molecular formula is C19H24N4O2. The number of nitrogens with one attached hydrogen (secondary N) is 2. The van der Waals surface area contributed by atoms with Gasteiger partial charge >= 0.3 is 0 Å². The van der Waals surface area contributed by atoms with Gasteiger partial charge in [0.05, 0.1) is 5.69 Å². The molecule has 25 heavy (non-hydrogen) atoms. The summed E-state index contributed by atoms with van der Waals surface area (Å²) in [7, 11) is 1.92. The van der Waals surface area contributed by atoms with E-state index in [1.807, 2.05) is 25.6 Å². The quantitative estimate of drug-likeness (QED) is 0.847. The summed E-state index contributed by atoms with van der Waals surface area (Å²) < 4.78 is 1.86. The number of aryl methyl sites for hydroxylation is 2. The fraction of sp³-hybridized carbons (Fsp3) is 0.421. The van der Waals surface area contributed by atoms with Crippen molar-refractivity contribution in [2.24, 2.45) is 13.0 Å². The van der Waals surface area contributed by atoms with Crippen LogP contribution in [-0.2, 0) is 18.3 Å². The third-order valence-electron chi connectivity index (χ3n) is 4.68. The maximum Gasteiger partial charge on any atom is 0.251 e. The van der Waals surface area contributed by atoms with Gasteiger partial charge in [0, 0.05) is 36.5 Å². The zero-order chi connectivity index (χ0) is 18.0. The summed E-state index contributed by atoms with van der Waals surface area (Å²) in [5.74, 6) is 0.126. The van der Waals surface area contributed by atoms with Crippen molar-refractivity contribution in [3.05, 3.63) is 46.8 Å². The summed E-state index contributed by atoms with van der Waals surface area (Å²) in [6.45, 7) is 4.58. The topological polar surface area (TPSA) is 76.0 Å². The Kier molecular flexibility index (Phi) is 4.88. The van der Waals surface area contributed by atoms with Crippen molar-refractivity contribution in [3.8, 4) is 0 Å². The predicted octanol–water partition coefficient (Wildman–Crippen LogP) is 2.36. The van der Waals surface area contributed by atoms with Gasteiger partial charge in [-0.25, -0.2) is 0 Å².